The molecular weight excluding hydrogens is 380 g/mol. The van der Waals surface area contributed by atoms with E-state index in [1.807, 2.05) is 0 Å². The van der Waals surface area contributed by atoms with Crippen molar-refractivity contribution in [2.24, 2.45) is 4.99 Å². The lowest BCUT2D eigenvalue weighted by molar-refractivity contribution is 0.467. The minimum absolute atomic E-state index is 0.00195. The summed E-state index contributed by atoms with van der Waals surface area (Å²) >= 11 is 6.44. The Bertz CT molecular complexity index is 768. The van der Waals surface area contributed by atoms with Crippen LogP contribution in [0.25, 0.3) is 11.0 Å². The highest BCUT2D eigenvalue weighted by Crippen LogP contribution is 2.38. The summed E-state index contributed by atoms with van der Waals surface area (Å²) in [5, 5.41) is 13.2. The van der Waals surface area contributed by atoms with E-state index >= 15 is 0 Å². The number of hydrogen-bond donors (Lipinski definition) is 2. The van der Waals surface area contributed by atoms with Gasteiger partial charge in [-0.15, -0.1) is 0 Å². The molecule has 2 aromatic rings. The molecule has 2 N–H and O–H groups in total. The number of fused-ring (bicyclic) bond motifs is 2. The minimum Gasteiger partial charge on any atom is -0.505 e. The second kappa shape index (κ2) is 4.64. The maximum Gasteiger partial charge on any atom is 0.206 e. The highest BCUT2D eigenvalue weighted by atomic mass is 79.9. The molecule has 0 bridgehead atoms. The Labute approximate surface area is 124 Å². The predicted molar refractivity (Wildman–Crippen MR) is 80.5 cm³/mol. The van der Waals surface area contributed by atoms with Crippen LogP contribution in [-0.4, -0.2) is 24.4 Å². The van der Waals surface area contributed by atoms with Gasteiger partial charge in [0.15, 0.2) is 5.58 Å². The number of nitrogens with zero attached hydrogens (tertiary/aromatic N) is 1. The largest absolute Gasteiger partial charge is 0.505 e. The van der Waals surface area contributed by atoms with Crippen LogP contribution in [0.4, 0.5) is 5.88 Å². The van der Waals surface area contributed by atoms with E-state index in [1.54, 1.807) is 6.07 Å². The van der Waals surface area contributed by atoms with Crippen LogP contribution in [0.15, 0.2) is 29.2 Å². The van der Waals surface area contributed by atoms with Crippen LogP contribution in [0, 0.1) is 0 Å². The number of aliphatic imine (C=N–C) groups is 1. The van der Waals surface area contributed by atoms with Crippen LogP contribution in [0.3, 0.4) is 0 Å². The van der Waals surface area contributed by atoms with Gasteiger partial charge in [0.2, 0.25) is 11.3 Å². The van der Waals surface area contributed by atoms with Crippen molar-refractivity contribution < 1.29 is 9.52 Å². The van der Waals surface area contributed by atoms with E-state index in [0.717, 1.165) is 0 Å². The van der Waals surface area contributed by atoms with Crippen LogP contribution in [-0.2, 0) is 0 Å². The number of anilines is 1. The first-order valence-corrected chi connectivity index (χ1v) is 7.09. The first-order chi connectivity index (χ1) is 9.09. The molecule has 0 saturated carbocycles. The number of halogens is 2. The van der Waals surface area contributed by atoms with Crippen LogP contribution in [0.1, 0.15) is 5.56 Å². The molecule has 0 aliphatic carbocycles. The van der Waals surface area contributed by atoms with E-state index in [2.05, 4.69) is 42.2 Å². The van der Waals surface area contributed by atoms with Crippen molar-refractivity contribution in [3.8, 4) is 5.75 Å². The van der Waals surface area contributed by atoms with Gasteiger partial charge in [-0.3, -0.25) is 9.79 Å². The number of nitrogens with one attached hydrogen (secondary N) is 1. The van der Waals surface area contributed by atoms with Gasteiger partial charge in [0.25, 0.3) is 0 Å². The lowest BCUT2D eigenvalue weighted by Gasteiger charge is -2.09. The van der Waals surface area contributed by atoms with E-state index in [1.165, 1.54) is 6.21 Å². The van der Waals surface area contributed by atoms with Crippen LogP contribution < -0.4 is 10.7 Å². The monoisotopic (exact) mass is 386 g/mol. The molecule has 2 heterocycles. The quantitative estimate of drug-likeness (QED) is 0.728. The summed E-state index contributed by atoms with van der Waals surface area (Å²) in [5.41, 5.74) is 0.525. The fourth-order valence-corrected chi connectivity index (χ4v) is 3.10. The summed E-state index contributed by atoms with van der Waals surface area (Å²) in [6.45, 7) is 1.17. The van der Waals surface area contributed by atoms with Crippen molar-refractivity contribution in [2.75, 3.05) is 18.4 Å². The fraction of sp³-hybridized carbons (Fsp3) is 0.167. The van der Waals surface area contributed by atoms with Gasteiger partial charge in [-0.1, -0.05) is 0 Å². The van der Waals surface area contributed by atoms with E-state index in [-0.39, 0.29) is 11.2 Å². The molecule has 1 aromatic carbocycles. The van der Waals surface area contributed by atoms with E-state index < -0.39 is 0 Å². The fourth-order valence-electron chi connectivity index (χ4n) is 1.90. The van der Waals surface area contributed by atoms with Crippen LogP contribution >= 0.6 is 31.9 Å². The molecule has 19 heavy (non-hydrogen) atoms. The molecule has 1 aliphatic heterocycles. The smallest absolute Gasteiger partial charge is 0.206 e. The maximum absolute atomic E-state index is 12.4. The average Bonchev–Trinajstić information content (AvgIpc) is 2.63. The summed E-state index contributed by atoms with van der Waals surface area (Å²) in [6, 6.07) is 1.54. The standard InChI is InChI=1S/C12H8Br2N2O3/c13-7-3-5-9(17)6-4-15-1-2-16-12(6)19-11(5)8(14)10(7)18/h3-4,16,18H,1-2H2. The first-order valence-electron chi connectivity index (χ1n) is 5.51. The lowest BCUT2D eigenvalue weighted by Crippen LogP contribution is -2.12. The Morgan fingerprint density at radius 1 is 1.42 bits per heavy atom. The van der Waals surface area contributed by atoms with Gasteiger partial charge in [0, 0.05) is 12.8 Å². The zero-order valence-corrected chi connectivity index (χ0v) is 12.7. The molecule has 0 atom stereocenters. The number of phenolic OH excluding ortho intramolecular Hbond substituents is 1. The molecule has 1 aromatic heterocycles. The second-order valence-corrected chi connectivity index (χ2v) is 5.68. The van der Waals surface area contributed by atoms with Crippen molar-refractivity contribution in [2.45, 2.75) is 0 Å². The van der Waals surface area contributed by atoms with Gasteiger partial charge in [-0.05, 0) is 37.9 Å². The third-order valence-corrected chi connectivity index (χ3v) is 4.17. The zero-order valence-electron chi connectivity index (χ0n) is 9.54. The summed E-state index contributed by atoms with van der Waals surface area (Å²) in [5.74, 6) is 0.374. The Hall–Kier alpha value is -1.34. The molecule has 0 saturated heterocycles. The van der Waals surface area contributed by atoms with Crippen LogP contribution in [0.5, 0.6) is 5.75 Å². The average molecular weight is 388 g/mol. The van der Waals surface area contributed by atoms with Crippen molar-refractivity contribution >= 4 is 54.9 Å². The summed E-state index contributed by atoms with van der Waals surface area (Å²) < 4.78 is 6.46. The number of benzene rings is 1. The van der Waals surface area contributed by atoms with Gasteiger partial charge in [0.1, 0.15) is 15.8 Å². The number of aromatic hydroxyl groups is 1. The third kappa shape index (κ3) is 1.97. The SMILES string of the molecule is O=c1c2c(oc3c(Br)c(O)c(Br)cc13)NCCN=C2. The van der Waals surface area contributed by atoms with E-state index in [4.69, 9.17) is 4.42 Å². The molecule has 0 amide bonds. The topological polar surface area (TPSA) is 74.8 Å². The molecular formula is C12H8Br2N2O3. The van der Waals surface area contributed by atoms with Gasteiger partial charge >= 0.3 is 0 Å². The molecule has 3 rings (SSSR count). The van der Waals surface area contributed by atoms with Crippen molar-refractivity contribution in [3.05, 3.63) is 30.8 Å². The predicted octanol–water partition coefficient (Wildman–Crippen LogP) is 2.87. The molecule has 1 aliphatic rings. The Morgan fingerprint density at radius 3 is 3.00 bits per heavy atom. The third-order valence-electron chi connectivity index (χ3n) is 2.83. The van der Waals surface area contributed by atoms with Crippen LogP contribution in [0.2, 0.25) is 0 Å². The summed E-state index contributed by atoms with van der Waals surface area (Å²) in [6.07, 6.45) is 1.52. The van der Waals surface area contributed by atoms with Gasteiger partial charge in [-0.25, -0.2) is 0 Å². The molecule has 98 valence electrons. The molecule has 0 spiro atoms. The van der Waals surface area contributed by atoms with Crippen molar-refractivity contribution in [3.63, 3.8) is 0 Å². The van der Waals surface area contributed by atoms with Crippen molar-refractivity contribution in [1.29, 1.82) is 0 Å². The van der Waals surface area contributed by atoms with E-state index in [0.29, 0.717) is 44.5 Å². The maximum atomic E-state index is 12.4. The van der Waals surface area contributed by atoms with Gasteiger partial charge in [0.05, 0.1) is 16.4 Å². The highest BCUT2D eigenvalue weighted by Gasteiger charge is 2.19. The number of phenols is 1. The molecule has 0 unspecified atom stereocenters. The summed E-state index contributed by atoms with van der Waals surface area (Å²) in [4.78, 5) is 16.5. The lowest BCUT2D eigenvalue weighted by atomic mass is 10.1. The Balaban J connectivity index is 2.47. The number of hydrogen-bond acceptors (Lipinski definition) is 5. The Morgan fingerprint density at radius 2 is 2.21 bits per heavy atom. The molecule has 0 fully saturated rings. The zero-order chi connectivity index (χ0) is 13.6. The molecule has 5 nitrogen and oxygen atoms in total. The second-order valence-electron chi connectivity index (χ2n) is 4.03. The molecule has 7 heteroatoms. The Kier molecular flexibility index (Phi) is 3.10. The molecule has 0 radical (unpaired) electrons. The normalized spacial score (nSPS) is 14.0. The highest BCUT2D eigenvalue weighted by molar-refractivity contribution is 9.11. The van der Waals surface area contributed by atoms with E-state index in [9.17, 15) is 9.90 Å². The van der Waals surface area contributed by atoms with Gasteiger partial charge < -0.3 is 14.8 Å². The summed E-state index contributed by atoms with van der Waals surface area (Å²) in [7, 11) is 0. The van der Waals surface area contributed by atoms with Crippen molar-refractivity contribution in [1.82, 2.24) is 0 Å². The number of rotatable bonds is 0. The first kappa shape index (κ1) is 12.7. The van der Waals surface area contributed by atoms with Gasteiger partial charge in [-0.2, -0.15) is 0 Å². The minimum atomic E-state index is -0.184.